The van der Waals surface area contributed by atoms with E-state index in [9.17, 15) is 26.7 Å². The molecule has 6 nitrogen and oxygen atoms in total. The van der Waals surface area contributed by atoms with Gasteiger partial charge in [0.15, 0.2) is 6.10 Å². The Labute approximate surface area is 229 Å². The molecular formula is C29H32F5NO5. The second kappa shape index (κ2) is 13.3. The molecule has 0 radical (unpaired) electrons. The Bertz CT molecular complexity index is 1190. The number of halogens is 5. The third-order valence-electron chi connectivity index (χ3n) is 6.78. The normalized spacial score (nSPS) is 16.2. The Morgan fingerprint density at radius 3 is 2.52 bits per heavy atom. The number of hydrogen-bond donors (Lipinski definition) is 0. The standard InChI is InChI=1S/C29H32F5NO5/c1-2-37-28(36)21-7-9-35(10-8-21)16-20-11-22-4-5-23(13-27(22)39-18-20)38-17-19-3-6-26(40-24(14-30)15-31)25(12-19)29(32,33)34/h3-6,11-13,21,24H,2,7-10,14-18H2,1H3. The molecule has 11 heteroatoms. The van der Waals surface area contributed by atoms with Gasteiger partial charge in [-0.25, -0.2) is 8.78 Å². The lowest BCUT2D eigenvalue weighted by atomic mass is 9.96. The van der Waals surface area contributed by atoms with Crippen LogP contribution in [0.2, 0.25) is 0 Å². The van der Waals surface area contributed by atoms with Crippen molar-refractivity contribution in [3.8, 4) is 17.2 Å². The Kier molecular flexibility index (Phi) is 9.89. The van der Waals surface area contributed by atoms with Crippen molar-refractivity contribution in [3.63, 3.8) is 0 Å². The number of alkyl halides is 5. The lowest BCUT2D eigenvalue weighted by Crippen LogP contribution is -2.38. The van der Waals surface area contributed by atoms with E-state index in [1.165, 1.54) is 6.07 Å². The molecule has 4 rings (SSSR count). The molecule has 0 spiro atoms. The van der Waals surface area contributed by atoms with Crippen molar-refractivity contribution < 1.29 is 45.7 Å². The zero-order valence-electron chi connectivity index (χ0n) is 22.1. The van der Waals surface area contributed by atoms with Gasteiger partial charge in [-0.2, -0.15) is 13.2 Å². The summed E-state index contributed by atoms with van der Waals surface area (Å²) in [4.78, 5) is 14.2. The number of carbonyl (C=O) groups is 1. The van der Waals surface area contributed by atoms with Gasteiger partial charge in [-0.05, 0) is 74.3 Å². The average Bonchev–Trinajstić information content (AvgIpc) is 2.95. The monoisotopic (exact) mass is 569 g/mol. The molecule has 0 saturated carbocycles. The van der Waals surface area contributed by atoms with Crippen LogP contribution in [0.4, 0.5) is 22.0 Å². The number of rotatable bonds is 11. The lowest BCUT2D eigenvalue weighted by molar-refractivity contribution is -0.149. The molecule has 1 saturated heterocycles. The van der Waals surface area contributed by atoms with Crippen molar-refractivity contribution in [2.24, 2.45) is 5.92 Å². The van der Waals surface area contributed by atoms with E-state index < -0.39 is 36.9 Å². The second-order valence-corrected chi connectivity index (χ2v) is 9.76. The van der Waals surface area contributed by atoms with E-state index >= 15 is 0 Å². The van der Waals surface area contributed by atoms with E-state index in [4.69, 9.17) is 18.9 Å². The number of fused-ring (bicyclic) bond motifs is 1. The van der Waals surface area contributed by atoms with Crippen LogP contribution < -0.4 is 14.2 Å². The maximum absolute atomic E-state index is 13.5. The van der Waals surface area contributed by atoms with Crippen LogP contribution in [0.15, 0.2) is 42.0 Å². The van der Waals surface area contributed by atoms with Gasteiger partial charge in [0.25, 0.3) is 0 Å². The van der Waals surface area contributed by atoms with Crippen LogP contribution in [0.25, 0.3) is 6.08 Å². The van der Waals surface area contributed by atoms with Crippen LogP contribution in [-0.4, -0.2) is 63.2 Å². The van der Waals surface area contributed by atoms with Crippen LogP contribution in [-0.2, 0) is 22.3 Å². The minimum atomic E-state index is -4.77. The summed E-state index contributed by atoms with van der Waals surface area (Å²) in [5.41, 5.74) is 1.05. The summed E-state index contributed by atoms with van der Waals surface area (Å²) < 4.78 is 87.8. The summed E-state index contributed by atoms with van der Waals surface area (Å²) in [6, 6.07) is 8.47. The van der Waals surface area contributed by atoms with E-state index in [1.807, 2.05) is 6.07 Å². The van der Waals surface area contributed by atoms with Gasteiger partial charge in [0.1, 0.15) is 43.8 Å². The van der Waals surface area contributed by atoms with Gasteiger partial charge in [0, 0.05) is 18.2 Å². The Hall–Kier alpha value is -3.34. The number of ether oxygens (including phenoxy) is 4. The Morgan fingerprint density at radius 2 is 1.85 bits per heavy atom. The van der Waals surface area contributed by atoms with Crippen molar-refractivity contribution in [2.45, 2.75) is 38.7 Å². The Balaban J connectivity index is 1.35. The van der Waals surface area contributed by atoms with E-state index in [2.05, 4.69) is 11.0 Å². The number of piperidine rings is 1. The minimum absolute atomic E-state index is 0.0478. The summed E-state index contributed by atoms with van der Waals surface area (Å²) in [6.45, 7) is 2.27. The highest BCUT2D eigenvalue weighted by Crippen LogP contribution is 2.38. The van der Waals surface area contributed by atoms with Crippen molar-refractivity contribution in [3.05, 3.63) is 58.7 Å². The van der Waals surface area contributed by atoms with E-state index in [0.717, 1.165) is 55.7 Å². The van der Waals surface area contributed by atoms with Crippen LogP contribution >= 0.6 is 0 Å². The second-order valence-electron chi connectivity index (χ2n) is 9.76. The Morgan fingerprint density at radius 1 is 1.10 bits per heavy atom. The zero-order chi connectivity index (χ0) is 28.7. The largest absolute Gasteiger partial charge is 0.489 e. The highest BCUT2D eigenvalue weighted by Gasteiger charge is 2.35. The van der Waals surface area contributed by atoms with Crippen molar-refractivity contribution >= 4 is 12.0 Å². The van der Waals surface area contributed by atoms with E-state index in [1.54, 1.807) is 19.1 Å². The average molecular weight is 570 g/mol. The predicted molar refractivity (Wildman–Crippen MR) is 138 cm³/mol. The van der Waals surface area contributed by atoms with Crippen molar-refractivity contribution in [1.82, 2.24) is 4.90 Å². The van der Waals surface area contributed by atoms with Gasteiger partial charge >= 0.3 is 12.1 Å². The van der Waals surface area contributed by atoms with E-state index in [0.29, 0.717) is 24.7 Å². The van der Waals surface area contributed by atoms with Gasteiger partial charge in [-0.15, -0.1) is 0 Å². The molecule has 218 valence electrons. The molecule has 0 aromatic heterocycles. The first kappa shape index (κ1) is 29.6. The highest BCUT2D eigenvalue weighted by molar-refractivity contribution is 5.72. The van der Waals surface area contributed by atoms with Crippen LogP contribution in [0.1, 0.15) is 36.5 Å². The molecule has 2 aromatic rings. The molecule has 2 aromatic carbocycles. The van der Waals surface area contributed by atoms with E-state index in [-0.39, 0.29) is 24.1 Å². The molecule has 0 atom stereocenters. The molecule has 1 fully saturated rings. The summed E-state index contributed by atoms with van der Waals surface area (Å²) in [6.07, 6.45) is -2.79. The third kappa shape index (κ3) is 7.65. The summed E-state index contributed by atoms with van der Waals surface area (Å²) in [5.74, 6) is 0.213. The summed E-state index contributed by atoms with van der Waals surface area (Å²) in [7, 11) is 0. The molecule has 0 N–H and O–H groups in total. The zero-order valence-corrected chi connectivity index (χ0v) is 22.1. The number of benzene rings is 2. The smallest absolute Gasteiger partial charge is 0.419 e. The van der Waals surface area contributed by atoms with Gasteiger partial charge in [-0.3, -0.25) is 9.69 Å². The molecule has 2 heterocycles. The maximum Gasteiger partial charge on any atom is 0.419 e. The number of nitrogens with zero attached hydrogens (tertiary/aromatic N) is 1. The molecule has 40 heavy (non-hydrogen) atoms. The maximum atomic E-state index is 13.5. The summed E-state index contributed by atoms with van der Waals surface area (Å²) >= 11 is 0. The van der Waals surface area contributed by atoms with Gasteiger partial charge in [-0.1, -0.05) is 6.07 Å². The predicted octanol–water partition coefficient (Wildman–Crippen LogP) is 6.02. The molecule has 0 bridgehead atoms. The molecular weight excluding hydrogens is 537 g/mol. The fourth-order valence-electron chi connectivity index (χ4n) is 4.69. The molecule has 2 aliphatic heterocycles. The molecule has 0 aliphatic carbocycles. The number of hydrogen-bond acceptors (Lipinski definition) is 6. The fraction of sp³-hybridized carbons (Fsp3) is 0.483. The minimum Gasteiger partial charge on any atom is -0.489 e. The first-order chi connectivity index (χ1) is 19.2. The number of carbonyl (C=O) groups excluding carboxylic acids is 1. The lowest BCUT2D eigenvalue weighted by Gasteiger charge is -2.32. The number of esters is 1. The third-order valence-corrected chi connectivity index (χ3v) is 6.78. The fourth-order valence-corrected chi connectivity index (χ4v) is 4.69. The summed E-state index contributed by atoms with van der Waals surface area (Å²) in [5, 5.41) is 0. The highest BCUT2D eigenvalue weighted by atomic mass is 19.4. The first-order valence-electron chi connectivity index (χ1n) is 13.2. The molecule has 0 amide bonds. The van der Waals surface area contributed by atoms with Gasteiger partial charge in [0.2, 0.25) is 0 Å². The quantitative estimate of drug-likeness (QED) is 0.244. The van der Waals surface area contributed by atoms with Gasteiger partial charge in [0.05, 0.1) is 18.1 Å². The number of likely N-dealkylation sites (tertiary alicyclic amines) is 1. The van der Waals surface area contributed by atoms with Crippen molar-refractivity contribution in [2.75, 3.05) is 46.2 Å². The first-order valence-corrected chi connectivity index (χ1v) is 13.2. The van der Waals surface area contributed by atoms with Crippen LogP contribution in [0, 0.1) is 5.92 Å². The molecule has 0 unspecified atom stereocenters. The topological polar surface area (TPSA) is 57.2 Å². The SMILES string of the molecule is CCOC(=O)C1CCN(CC2=Cc3ccc(OCc4ccc(OC(CF)CF)c(C(F)(F)F)c4)cc3OC2)CC1. The van der Waals surface area contributed by atoms with Crippen molar-refractivity contribution in [1.29, 1.82) is 0 Å². The molecule has 2 aliphatic rings. The van der Waals surface area contributed by atoms with Gasteiger partial charge < -0.3 is 18.9 Å². The van der Waals surface area contributed by atoms with Crippen LogP contribution in [0.3, 0.4) is 0 Å². The van der Waals surface area contributed by atoms with Crippen LogP contribution in [0.5, 0.6) is 17.2 Å².